The van der Waals surface area contributed by atoms with Crippen LogP contribution in [-0.2, 0) is 11.3 Å². The molecule has 0 atom stereocenters. The molecule has 2 heterocycles. The third kappa shape index (κ3) is 5.05. The zero-order valence-electron chi connectivity index (χ0n) is 13.3. The van der Waals surface area contributed by atoms with Crippen LogP contribution < -0.4 is 5.32 Å². The molecule has 1 N–H and O–H groups in total. The topological polar surface area (TPSA) is 69.3 Å². The monoisotopic (exact) mass is 363 g/mol. The van der Waals surface area contributed by atoms with Gasteiger partial charge in [-0.25, -0.2) is 17.6 Å². The summed E-state index contributed by atoms with van der Waals surface area (Å²) in [6, 6.07) is 3.44. The van der Waals surface area contributed by atoms with Gasteiger partial charge in [0.1, 0.15) is 17.1 Å². The van der Waals surface area contributed by atoms with E-state index in [0.717, 1.165) is 4.68 Å². The molecule has 0 aliphatic rings. The minimum absolute atomic E-state index is 0.00717. The second kappa shape index (κ2) is 8.65. The number of aromatic nitrogens is 2. The lowest BCUT2D eigenvalue weighted by Gasteiger charge is -2.05. The first-order valence-corrected chi connectivity index (χ1v) is 7.42. The molecular formula is C15H17F4N3O3. The molecule has 10 heteroatoms. The Bertz CT molecular complexity index is 700. The van der Waals surface area contributed by atoms with Crippen LogP contribution in [0.2, 0.25) is 0 Å². The van der Waals surface area contributed by atoms with Crippen molar-refractivity contribution in [2.24, 2.45) is 0 Å². The Morgan fingerprint density at radius 3 is 2.72 bits per heavy atom. The third-order valence-corrected chi connectivity index (χ3v) is 3.28. The number of methoxy groups -OCH3 is 1. The van der Waals surface area contributed by atoms with Crippen LogP contribution in [0.4, 0.5) is 17.6 Å². The molecule has 0 saturated heterocycles. The van der Waals surface area contributed by atoms with E-state index in [0.29, 0.717) is 25.6 Å². The first-order valence-electron chi connectivity index (χ1n) is 7.42. The lowest BCUT2D eigenvalue weighted by atomic mass is 10.3. The number of alkyl halides is 4. The molecule has 6 nitrogen and oxygen atoms in total. The first kappa shape index (κ1) is 19.0. The Morgan fingerprint density at radius 1 is 1.32 bits per heavy atom. The van der Waals surface area contributed by atoms with Gasteiger partial charge in [0.05, 0.1) is 6.54 Å². The molecule has 0 aliphatic heterocycles. The summed E-state index contributed by atoms with van der Waals surface area (Å²) < 4.78 is 62.0. The van der Waals surface area contributed by atoms with Crippen molar-refractivity contribution in [3.05, 3.63) is 41.1 Å². The number of furan rings is 1. The first-order chi connectivity index (χ1) is 11.9. The van der Waals surface area contributed by atoms with Crippen molar-refractivity contribution >= 4 is 5.91 Å². The molecule has 0 saturated carbocycles. The van der Waals surface area contributed by atoms with E-state index in [1.54, 1.807) is 7.11 Å². The van der Waals surface area contributed by atoms with Gasteiger partial charge in [-0.2, -0.15) is 5.10 Å². The largest absolute Gasteiger partial charge is 0.454 e. The standard InChI is InChI=1S/C15H17F4N3O3/c1-24-6-2-5-20-15(23)12-4-3-9(25-12)8-22-11(14(18)19)7-10(21-22)13(16)17/h3-4,7,13-14H,2,5-6,8H2,1H3,(H,20,23). The molecule has 0 unspecified atom stereocenters. The van der Waals surface area contributed by atoms with Crippen LogP contribution >= 0.6 is 0 Å². The number of hydrogen-bond acceptors (Lipinski definition) is 4. The van der Waals surface area contributed by atoms with Crippen LogP contribution in [-0.4, -0.2) is 35.9 Å². The fourth-order valence-corrected chi connectivity index (χ4v) is 2.10. The van der Waals surface area contributed by atoms with E-state index < -0.39 is 30.1 Å². The van der Waals surface area contributed by atoms with Crippen molar-refractivity contribution in [2.45, 2.75) is 25.8 Å². The summed E-state index contributed by atoms with van der Waals surface area (Å²) in [5, 5.41) is 6.07. The highest BCUT2D eigenvalue weighted by molar-refractivity contribution is 5.91. The molecular weight excluding hydrogens is 346 g/mol. The lowest BCUT2D eigenvalue weighted by molar-refractivity contribution is 0.0918. The van der Waals surface area contributed by atoms with Gasteiger partial charge < -0.3 is 14.5 Å². The van der Waals surface area contributed by atoms with Crippen molar-refractivity contribution in [1.82, 2.24) is 15.1 Å². The van der Waals surface area contributed by atoms with E-state index in [1.165, 1.54) is 12.1 Å². The second-order valence-electron chi connectivity index (χ2n) is 5.12. The molecule has 0 radical (unpaired) electrons. The summed E-state index contributed by atoms with van der Waals surface area (Å²) >= 11 is 0. The van der Waals surface area contributed by atoms with Gasteiger partial charge in [0.2, 0.25) is 0 Å². The van der Waals surface area contributed by atoms with Gasteiger partial charge >= 0.3 is 0 Å². The number of nitrogens with zero attached hydrogens (tertiary/aromatic N) is 2. The Labute approximate surface area is 140 Å². The van der Waals surface area contributed by atoms with Gasteiger partial charge in [0.25, 0.3) is 18.8 Å². The van der Waals surface area contributed by atoms with E-state index in [-0.39, 0.29) is 18.1 Å². The van der Waals surface area contributed by atoms with Crippen molar-refractivity contribution in [1.29, 1.82) is 0 Å². The lowest BCUT2D eigenvalue weighted by Crippen LogP contribution is -2.24. The summed E-state index contributed by atoms with van der Waals surface area (Å²) in [7, 11) is 1.54. The van der Waals surface area contributed by atoms with Gasteiger partial charge in [-0.15, -0.1) is 0 Å². The van der Waals surface area contributed by atoms with Gasteiger partial charge in [-0.05, 0) is 24.6 Å². The summed E-state index contributed by atoms with van der Waals surface area (Å²) in [6.45, 7) is 0.588. The summed E-state index contributed by atoms with van der Waals surface area (Å²) in [6.07, 6.45) is -5.29. The summed E-state index contributed by atoms with van der Waals surface area (Å²) in [5.74, 6) is -0.328. The fraction of sp³-hybridized carbons (Fsp3) is 0.467. The highest BCUT2D eigenvalue weighted by Gasteiger charge is 2.22. The Balaban J connectivity index is 2.04. The predicted octanol–water partition coefficient (Wildman–Crippen LogP) is 3.17. The number of carbonyl (C=O) groups is 1. The van der Waals surface area contributed by atoms with Crippen LogP contribution in [0.25, 0.3) is 0 Å². The van der Waals surface area contributed by atoms with Gasteiger partial charge in [0, 0.05) is 20.3 Å². The molecule has 1 amide bonds. The highest BCUT2D eigenvalue weighted by atomic mass is 19.3. The zero-order chi connectivity index (χ0) is 18.4. The molecule has 0 bridgehead atoms. The van der Waals surface area contributed by atoms with Crippen molar-refractivity contribution in [2.75, 3.05) is 20.3 Å². The Morgan fingerprint density at radius 2 is 2.08 bits per heavy atom. The maximum Gasteiger partial charge on any atom is 0.286 e. The SMILES string of the molecule is COCCCNC(=O)c1ccc(Cn2nc(C(F)F)cc2C(F)F)o1. The average Bonchev–Trinajstić information content (AvgIpc) is 3.19. The number of amides is 1. The number of halogens is 4. The quantitative estimate of drug-likeness (QED) is 0.549. The van der Waals surface area contributed by atoms with Crippen LogP contribution in [0.15, 0.2) is 22.6 Å². The molecule has 138 valence electrons. The van der Waals surface area contributed by atoms with E-state index in [9.17, 15) is 22.4 Å². The summed E-state index contributed by atoms with van der Waals surface area (Å²) in [4.78, 5) is 11.9. The van der Waals surface area contributed by atoms with Crippen molar-refractivity contribution in [3.8, 4) is 0 Å². The number of hydrogen-bond donors (Lipinski definition) is 1. The molecule has 25 heavy (non-hydrogen) atoms. The normalized spacial score (nSPS) is 11.5. The molecule has 2 aromatic heterocycles. The van der Waals surface area contributed by atoms with Crippen LogP contribution in [0.1, 0.15) is 47.0 Å². The predicted molar refractivity (Wildman–Crippen MR) is 78.8 cm³/mol. The van der Waals surface area contributed by atoms with Gasteiger partial charge in [-0.3, -0.25) is 9.48 Å². The zero-order valence-corrected chi connectivity index (χ0v) is 13.3. The molecule has 0 aliphatic carbocycles. The van der Waals surface area contributed by atoms with Crippen LogP contribution in [0.5, 0.6) is 0 Å². The Hall–Kier alpha value is -2.36. The molecule has 2 aromatic rings. The maximum atomic E-state index is 12.9. The van der Waals surface area contributed by atoms with Crippen LogP contribution in [0.3, 0.4) is 0 Å². The van der Waals surface area contributed by atoms with Gasteiger partial charge in [-0.1, -0.05) is 0 Å². The van der Waals surface area contributed by atoms with Gasteiger partial charge in [0.15, 0.2) is 5.76 Å². The number of rotatable bonds is 9. The highest BCUT2D eigenvalue weighted by Crippen LogP contribution is 2.25. The van der Waals surface area contributed by atoms with E-state index in [2.05, 4.69) is 10.4 Å². The van der Waals surface area contributed by atoms with Crippen molar-refractivity contribution in [3.63, 3.8) is 0 Å². The summed E-state index contributed by atoms with van der Waals surface area (Å²) in [5.41, 5.74) is -1.38. The second-order valence-corrected chi connectivity index (χ2v) is 5.12. The van der Waals surface area contributed by atoms with Crippen LogP contribution in [0, 0.1) is 0 Å². The minimum atomic E-state index is -2.96. The number of carbonyl (C=O) groups excluding carboxylic acids is 1. The molecule has 0 aromatic carbocycles. The fourth-order valence-electron chi connectivity index (χ4n) is 2.10. The molecule has 2 rings (SSSR count). The van der Waals surface area contributed by atoms with E-state index in [4.69, 9.17) is 9.15 Å². The van der Waals surface area contributed by atoms with E-state index >= 15 is 0 Å². The third-order valence-electron chi connectivity index (χ3n) is 3.28. The maximum absolute atomic E-state index is 12.9. The Kier molecular flexibility index (Phi) is 6.57. The van der Waals surface area contributed by atoms with Crippen molar-refractivity contribution < 1.29 is 31.5 Å². The molecule has 0 fully saturated rings. The average molecular weight is 363 g/mol. The number of nitrogens with one attached hydrogen (secondary N) is 1. The minimum Gasteiger partial charge on any atom is -0.454 e. The molecule has 0 spiro atoms. The smallest absolute Gasteiger partial charge is 0.286 e. The van der Waals surface area contributed by atoms with E-state index in [1.807, 2.05) is 0 Å². The number of ether oxygens (including phenoxy) is 1.